The van der Waals surface area contributed by atoms with E-state index in [-0.39, 0.29) is 12.0 Å². The van der Waals surface area contributed by atoms with Crippen molar-refractivity contribution < 1.29 is 14.3 Å². The molecule has 8 heteroatoms. The molecule has 2 amide bonds. The lowest BCUT2D eigenvalue weighted by molar-refractivity contribution is -0.140. The molecule has 0 aliphatic carbocycles. The summed E-state index contributed by atoms with van der Waals surface area (Å²) in [6.07, 6.45) is 3.66. The molecule has 150 valence electrons. The predicted molar refractivity (Wildman–Crippen MR) is 117 cm³/mol. The van der Waals surface area contributed by atoms with Gasteiger partial charge in [-0.15, -0.1) is 11.3 Å². The number of urea groups is 1. The molecular weight excluding hydrogens is 410 g/mol. The average molecular weight is 430 g/mol. The maximum Gasteiger partial charge on any atom is 0.323 e. The lowest BCUT2D eigenvalue weighted by atomic mass is 10.2. The first-order chi connectivity index (χ1) is 14.0. The first-order valence-electron chi connectivity index (χ1n) is 8.99. The van der Waals surface area contributed by atoms with E-state index in [9.17, 15) is 9.59 Å². The van der Waals surface area contributed by atoms with Crippen LogP contribution in [0.3, 0.4) is 0 Å². The third kappa shape index (κ3) is 6.04. The Kier molecular flexibility index (Phi) is 7.21. The van der Waals surface area contributed by atoms with Gasteiger partial charge in [0.2, 0.25) is 0 Å². The molecule has 0 spiro atoms. The van der Waals surface area contributed by atoms with Gasteiger partial charge in [0, 0.05) is 18.3 Å². The number of ether oxygens (including phenoxy) is 1. The highest BCUT2D eigenvalue weighted by molar-refractivity contribution is 7.15. The quantitative estimate of drug-likeness (QED) is 0.479. The van der Waals surface area contributed by atoms with Crippen LogP contribution in [0.15, 0.2) is 54.7 Å². The molecular formula is C21H20ClN3O3S. The number of benzene rings is 2. The van der Waals surface area contributed by atoms with Crippen molar-refractivity contribution in [2.45, 2.75) is 19.3 Å². The van der Waals surface area contributed by atoms with Crippen molar-refractivity contribution in [3.63, 3.8) is 0 Å². The van der Waals surface area contributed by atoms with E-state index in [0.717, 1.165) is 21.9 Å². The van der Waals surface area contributed by atoms with E-state index >= 15 is 0 Å². The Morgan fingerprint density at radius 1 is 1.10 bits per heavy atom. The highest BCUT2D eigenvalue weighted by Crippen LogP contribution is 2.28. The minimum absolute atomic E-state index is 0.205. The number of hydrogen-bond acceptors (Lipinski definition) is 5. The number of thiazole rings is 1. The molecule has 0 unspecified atom stereocenters. The number of rotatable bonds is 7. The van der Waals surface area contributed by atoms with Gasteiger partial charge < -0.3 is 15.4 Å². The molecule has 1 heterocycles. The summed E-state index contributed by atoms with van der Waals surface area (Å²) in [6, 6.07) is 14.2. The molecule has 0 aliphatic heterocycles. The molecule has 0 atom stereocenters. The molecule has 2 aromatic carbocycles. The lowest BCUT2D eigenvalue weighted by Crippen LogP contribution is -2.19. The van der Waals surface area contributed by atoms with Crippen molar-refractivity contribution >= 4 is 46.3 Å². The van der Waals surface area contributed by atoms with E-state index in [1.165, 1.54) is 7.11 Å². The first kappa shape index (κ1) is 20.8. The van der Waals surface area contributed by atoms with Crippen molar-refractivity contribution in [2.24, 2.45) is 0 Å². The summed E-state index contributed by atoms with van der Waals surface area (Å²) >= 11 is 7.64. The van der Waals surface area contributed by atoms with Gasteiger partial charge >= 0.3 is 12.0 Å². The summed E-state index contributed by atoms with van der Waals surface area (Å²) in [7, 11) is 1.39. The van der Waals surface area contributed by atoms with Gasteiger partial charge in [-0.05, 0) is 42.7 Å². The number of amides is 2. The van der Waals surface area contributed by atoms with Gasteiger partial charge in [-0.2, -0.15) is 0 Å². The number of aryl methyl sites for hydroxylation is 1. The molecule has 0 radical (unpaired) electrons. The van der Waals surface area contributed by atoms with Crippen LogP contribution in [0.5, 0.6) is 0 Å². The number of esters is 1. The number of nitrogens with one attached hydrogen (secondary N) is 2. The number of hydrogen-bond donors (Lipinski definition) is 2. The Bertz CT molecular complexity index is 989. The van der Waals surface area contributed by atoms with E-state index in [4.69, 9.17) is 11.6 Å². The Balaban J connectivity index is 1.55. The predicted octanol–water partition coefficient (Wildman–Crippen LogP) is 5.60. The second-order valence-corrected chi connectivity index (χ2v) is 7.71. The maximum atomic E-state index is 12.1. The summed E-state index contributed by atoms with van der Waals surface area (Å²) in [6.45, 7) is 0. The SMILES string of the molecule is COC(=O)CCCc1ncc(-c2ccc(NC(=O)Nc3ccccc3Cl)cc2)s1. The fraction of sp³-hybridized carbons (Fsp3) is 0.190. The highest BCUT2D eigenvalue weighted by atomic mass is 35.5. The smallest absolute Gasteiger partial charge is 0.323 e. The van der Waals surface area contributed by atoms with E-state index in [1.807, 2.05) is 30.5 Å². The topological polar surface area (TPSA) is 80.3 Å². The van der Waals surface area contributed by atoms with E-state index in [2.05, 4.69) is 20.4 Å². The number of carbonyl (C=O) groups excluding carboxylic acids is 2. The van der Waals surface area contributed by atoms with Crippen LogP contribution in [0, 0.1) is 0 Å². The van der Waals surface area contributed by atoms with Crippen molar-refractivity contribution in [1.29, 1.82) is 0 Å². The second-order valence-electron chi connectivity index (χ2n) is 6.18. The monoisotopic (exact) mass is 429 g/mol. The van der Waals surface area contributed by atoms with E-state index < -0.39 is 0 Å². The van der Waals surface area contributed by atoms with Crippen LogP contribution >= 0.6 is 22.9 Å². The summed E-state index contributed by atoms with van der Waals surface area (Å²) < 4.78 is 4.64. The van der Waals surface area contributed by atoms with Gasteiger partial charge in [0.05, 0.1) is 27.7 Å². The molecule has 0 bridgehead atoms. The Morgan fingerprint density at radius 2 is 1.86 bits per heavy atom. The van der Waals surface area contributed by atoms with Gasteiger partial charge in [0.25, 0.3) is 0 Å². The molecule has 0 saturated heterocycles. The Labute approximate surface area is 177 Å². The second kappa shape index (κ2) is 10.0. The van der Waals surface area contributed by atoms with Crippen LogP contribution in [0.4, 0.5) is 16.2 Å². The van der Waals surface area contributed by atoms with E-state index in [0.29, 0.717) is 29.2 Å². The van der Waals surface area contributed by atoms with Crippen LogP contribution in [0.1, 0.15) is 17.8 Å². The van der Waals surface area contributed by atoms with Crippen LogP contribution in [0.2, 0.25) is 5.02 Å². The number of carbonyl (C=O) groups is 2. The van der Waals surface area contributed by atoms with Crippen molar-refractivity contribution in [1.82, 2.24) is 4.98 Å². The minimum atomic E-state index is -0.364. The summed E-state index contributed by atoms with van der Waals surface area (Å²) in [5.41, 5.74) is 2.23. The highest BCUT2D eigenvalue weighted by Gasteiger charge is 2.08. The average Bonchev–Trinajstić information content (AvgIpc) is 3.19. The minimum Gasteiger partial charge on any atom is -0.469 e. The summed E-state index contributed by atoms with van der Waals surface area (Å²) in [5.74, 6) is -0.205. The zero-order valence-corrected chi connectivity index (χ0v) is 17.3. The number of methoxy groups -OCH3 is 1. The zero-order valence-electron chi connectivity index (χ0n) is 15.8. The number of nitrogens with zero attached hydrogens (tertiary/aromatic N) is 1. The van der Waals surface area contributed by atoms with Gasteiger partial charge in [0.1, 0.15) is 0 Å². The molecule has 3 rings (SSSR count). The fourth-order valence-electron chi connectivity index (χ4n) is 2.61. The van der Waals surface area contributed by atoms with E-state index in [1.54, 1.807) is 35.6 Å². The standard InChI is InChI=1S/C21H20ClN3O3S/c1-28-20(26)8-4-7-19-23-13-18(29-19)14-9-11-15(12-10-14)24-21(27)25-17-6-3-2-5-16(17)22/h2-3,5-6,9-13H,4,7-8H2,1H3,(H2,24,25,27). The van der Waals surface area contributed by atoms with Gasteiger partial charge in [-0.25, -0.2) is 9.78 Å². The Hall–Kier alpha value is -2.90. The van der Waals surface area contributed by atoms with Crippen molar-refractivity contribution in [3.8, 4) is 10.4 Å². The van der Waals surface area contributed by atoms with Crippen molar-refractivity contribution in [3.05, 3.63) is 64.8 Å². The molecule has 6 nitrogen and oxygen atoms in total. The first-order valence-corrected chi connectivity index (χ1v) is 10.2. The summed E-state index contributed by atoms with van der Waals surface area (Å²) in [5, 5.41) is 6.95. The lowest BCUT2D eigenvalue weighted by Gasteiger charge is -2.09. The molecule has 2 N–H and O–H groups in total. The number of aromatic nitrogens is 1. The number of anilines is 2. The van der Waals surface area contributed by atoms with Crippen LogP contribution in [-0.4, -0.2) is 24.1 Å². The fourth-order valence-corrected chi connectivity index (χ4v) is 3.76. The normalized spacial score (nSPS) is 10.4. The van der Waals surface area contributed by atoms with Crippen LogP contribution in [-0.2, 0) is 16.0 Å². The molecule has 1 aromatic heterocycles. The van der Waals surface area contributed by atoms with Crippen LogP contribution in [0.25, 0.3) is 10.4 Å². The number of para-hydroxylation sites is 1. The van der Waals surface area contributed by atoms with Gasteiger partial charge in [-0.3, -0.25) is 4.79 Å². The van der Waals surface area contributed by atoms with Gasteiger partial charge in [0.15, 0.2) is 0 Å². The largest absolute Gasteiger partial charge is 0.469 e. The molecule has 0 saturated carbocycles. The van der Waals surface area contributed by atoms with Crippen molar-refractivity contribution in [2.75, 3.05) is 17.7 Å². The third-order valence-corrected chi connectivity index (χ3v) is 5.54. The third-order valence-electron chi connectivity index (χ3n) is 4.10. The van der Waals surface area contributed by atoms with Gasteiger partial charge in [-0.1, -0.05) is 35.9 Å². The summed E-state index contributed by atoms with van der Waals surface area (Å²) in [4.78, 5) is 28.8. The molecule has 3 aromatic rings. The zero-order chi connectivity index (χ0) is 20.6. The number of halogens is 1. The maximum absolute atomic E-state index is 12.1. The molecule has 0 fully saturated rings. The molecule has 0 aliphatic rings. The Morgan fingerprint density at radius 3 is 2.59 bits per heavy atom. The van der Waals surface area contributed by atoms with Crippen LogP contribution < -0.4 is 10.6 Å². The molecule has 29 heavy (non-hydrogen) atoms.